The number of nitrogens with one attached hydrogen (secondary N) is 1. The lowest BCUT2D eigenvalue weighted by Crippen LogP contribution is -2.21. The first-order valence-electron chi connectivity index (χ1n) is 6.83. The Balaban J connectivity index is 2.38. The van der Waals surface area contributed by atoms with Crippen molar-refractivity contribution < 1.29 is 0 Å². The average molecular weight is 245 g/mol. The van der Waals surface area contributed by atoms with Gasteiger partial charge in [-0.15, -0.1) is 0 Å². The number of nitrogens with zero attached hydrogens (tertiary/aromatic N) is 2. The fourth-order valence-electron chi connectivity index (χ4n) is 2.38. The summed E-state index contributed by atoms with van der Waals surface area (Å²) in [6, 6.07) is 2.65. The Morgan fingerprint density at radius 3 is 3.11 bits per heavy atom. The number of fused-ring (bicyclic) bond motifs is 1. The van der Waals surface area contributed by atoms with Gasteiger partial charge in [-0.3, -0.25) is 0 Å². The maximum atomic E-state index is 4.76. The smallest absolute Gasteiger partial charge is 0.125 e. The van der Waals surface area contributed by atoms with Gasteiger partial charge in [-0.2, -0.15) is 5.10 Å². The molecule has 0 fully saturated rings. The maximum absolute atomic E-state index is 4.76. The van der Waals surface area contributed by atoms with Crippen molar-refractivity contribution in [2.75, 3.05) is 11.9 Å². The fourth-order valence-corrected chi connectivity index (χ4v) is 2.38. The van der Waals surface area contributed by atoms with E-state index in [0.717, 1.165) is 30.9 Å². The molecule has 0 aliphatic carbocycles. The third-order valence-electron chi connectivity index (χ3n) is 3.76. The Morgan fingerprint density at radius 2 is 2.50 bits per heavy atom. The first kappa shape index (κ1) is 12.9. The molecule has 3 nitrogen and oxygen atoms in total. The molecule has 0 spiro atoms. The average Bonchev–Trinajstić information content (AvgIpc) is 2.80. The quantitative estimate of drug-likeness (QED) is 0.816. The SMILES string of the molecule is C=C/C=C(/c1cc2n(n1)C(C)CCN2)C(C)CC. The van der Waals surface area contributed by atoms with Gasteiger partial charge in [0.25, 0.3) is 0 Å². The van der Waals surface area contributed by atoms with Crippen molar-refractivity contribution in [3.8, 4) is 0 Å². The lowest BCUT2D eigenvalue weighted by molar-refractivity contribution is 0.452. The summed E-state index contributed by atoms with van der Waals surface area (Å²) in [5, 5.41) is 8.17. The molecule has 2 heterocycles. The monoisotopic (exact) mass is 245 g/mol. The minimum atomic E-state index is 0.483. The van der Waals surface area contributed by atoms with Gasteiger partial charge in [0.15, 0.2) is 0 Å². The molecule has 1 N–H and O–H groups in total. The van der Waals surface area contributed by atoms with Crippen molar-refractivity contribution in [1.29, 1.82) is 0 Å². The van der Waals surface area contributed by atoms with Crippen LogP contribution in [0.5, 0.6) is 0 Å². The highest BCUT2D eigenvalue weighted by molar-refractivity contribution is 5.68. The van der Waals surface area contributed by atoms with Gasteiger partial charge < -0.3 is 5.32 Å². The molecule has 1 aliphatic rings. The highest BCUT2D eigenvalue weighted by Gasteiger charge is 2.20. The molecule has 0 amide bonds. The summed E-state index contributed by atoms with van der Waals surface area (Å²) in [4.78, 5) is 0. The van der Waals surface area contributed by atoms with Crippen LogP contribution in [-0.2, 0) is 0 Å². The van der Waals surface area contributed by atoms with Gasteiger partial charge >= 0.3 is 0 Å². The zero-order chi connectivity index (χ0) is 13.1. The van der Waals surface area contributed by atoms with Crippen LogP contribution < -0.4 is 5.32 Å². The molecular formula is C15H23N3. The molecule has 1 aromatic rings. The maximum Gasteiger partial charge on any atom is 0.125 e. The lowest BCUT2D eigenvalue weighted by atomic mass is 9.95. The predicted octanol–water partition coefficient (Wildman–Crippen LogP) is 3.88. The summed E-state index contributed by atoms with van der Waals surface area (Å²) in [5.74, 6) is 1.65. The molecule has 0 radical (unpaired) electrons. The summed E-state index contributed by atoms with van der Waals surface area (Å²) < 4.78 is 2.11. The normalized spacial score (nSPS) is 21.1. The van der Waals surface area contributed by atoms with Gasteiger partial charge in [0.05, 0.1) is 11.7 Å². The standard InChI is InChI=1S/C15H23N3/c1-5-7-13(11(3)6-2)14-10-15-16-9-8-12(4)18(15)17-14/h5,7,10-12,16H,1,6,8-9H2,2-4H3/b13-7+. The number of allylic oxidation sites excluding steroid dienone is 3. The zero-order valence-electron chi connectivity index (χ0n) is 11.6. The third kappa shape index (κ3) is 2.35. The van der Waals surface area contributed by atoms with Gasteiger partial charge in [0.2, 0.25) is 0 Å². The van der Waals surface area contributed by atoms with Gasteiger partial charge in [0, 0.05) is 12.6 Å². The van der Waals surface area contributed by atoms with Crippen molar-refractivity contribution in [2.24, 2.45) is 5.92 Å². The van der Waals surface area contributed by atoms with Crippen LogP contribution in [0.25, 0.3) is 5.57 Å². The highest BCUT2D eigenvalue weighted by Crippen LogP contribution is 2.30. The Kier molecular flexibility index (Phi) is 3.90. The Labute approximate surface area is 110 Å². The zero-order valence-corrected chi connectivity index (χ0v) is 11.6. The second-order valence-electron chi connectivity index (χ2n) is 5.09. The molecule has 2 unspecified atom stereocenters. The molecule has 98 valence electrons. The topological polar surface area (TPSA) is 29.9 Å². The molecule has 2 rings (SSSR count). The van der Waals surface area contributed by atoms with Gasteiger partial charge in [0.1, 0.15) is 5.82 Å². The van der Waals surface area contributed by atoms with Crippen LogP contribution in [-0.4, -0.2) is 16.3 Å². The fraction of sp³-hybridized carbons (Fsp3) is 0.533. The highest BCUT2D eigenvalue weighted by atomic mass is 15.4. The lowest BCUT2D eigenvalue weighted by Gasteiger charge is -2.21. The van der Waals surface area contributed by atoms with Crippen molar-refractivity contribution in [2.45, 2.75) is 39.7 Å². The molecule has 1 aliphatic heterocycles. The number of hydrogen-bond donors (Lipinski definition) is 1. The summed E-state index contributed by atoms with van der Waals surface area (Å²) >= 11 is 0. The molecule has 3 heteroatoms. The molecule has 0 saturated carbocycles. The molecule has 0 bridgehead atoms. The molecule has 2 atom stereocenters. The number of aromatic nitrogens is 2. The van der Waals surface area contributed by atoms with E-state index >= 15 is 0 Å². The van der Waals surface area contributed by atoms with Crippen molar-refractivity contribution in [3.63, 3.8) is 0 Å². The summed E-state index contributed by atoms with van der Waals surface area (Å²) in [6.45, 7) is 11.5. The van der Waals surface area contributed by atoms with E-state index in [4.69, 9.17) is 5.10 Å². The van der Waals surface area contributed by atoms with Crippen LogP contribution in [0.1, 0.15) is 45.3 Å². The molecule has 0 saturated heterocycles. The van der Waals surface area contributed by atoms with Crippen LogP contribution in [0.4, 0.5) is 5.82 Å². The van der Waals surface area contributed by atoms with E-state index in [0.29, 0.717) is 12.0 Å². The van der Waals surface area contributed by atoms with Crippen molar-refractivity contribution in [1.82, 2.24) is 9.78 Å². The van der Waals surface area contributed by atoms with E-state index in [9.17, 15) is 0 Å². The van der Waals surface area contributed by atoms with E-state index in [-0.39, 0.29) is 0 Å². The molecule has 1 aromatic heterocycles. The Bertz CT molecular complexity index is 456. The second-order valence-corrected chi connectivity index (χ2v) is 5.09. The van der Waals surface area contributed by atoms with Crippen molar-refractivity contribution in [3.05, 3.63) is 30.5 Å². The van der Waals surface area contributed by atoms with Gasteiger partial charge in [-0.1, -0.05) is 32.6 Å². The van der Waals surface area contributed by atoms with E-state index in [1.54, 1.807) is 0 Å². The van der Waals surface area contributed by atoms with E-state index in [1.165, 1.54) is 5.57 Å². The number of rotatable bonds is 4. The largest absolute Gasteiger partial charge is 0.370 e. The molecule has 18 heavy (non-hydrogen) atoms. The third-order valence-corrected chi connectivity index (χ3v) is 3.76. The van der Waals surface area contributed by atoms with Crippen LogP contribution in [0.15, 0.2) is 24.8 Å². The first-order chi connectivity index (χ1) is 8.67. The summed E-state index contributed by atoms with van der Waals surface area (Å²) in [7, 11) is 0. The Morgan fingerprint density at radius 1 is 1.72 bits per heavy atom. The van der Waals surface area contributed by atoms with Crippen LogP contribution in [0, 0.1) is 5.92 Å². The number of anilines is 1. The minimum Gasteiger partial charge on any atom is -0.370 e. The predicted molar refractivity (Wildman–Crippen MR) is 77.7 cm³/mol. The van der Waals surface area contributed by atoms with Gasteiger partial charge in [-0.25, -0.2) is 4.68 Å². The van der Waals surface area contributed by atoms with Gasteiger partial charge in [-0.05, 0) is 31.3 Å². The summed E-state index contributed by atoms with van der Waals surface area (Å²) in [6.07, 6.45) is 6.20. The second kappa shape index (κ2) is 5.42. The van der Waals surface area contributed by atoms with E-state index in [2.05, 4.69) is 49.5 Å². The first-order valence-corrected chi connectivity index (χ1v) is 6.83. The summed E-state index contributed by atoms with van der Waals surface area (Å²) in [5.41, 5.74) is 2.36. The minimum absolute atomic E-state index is 0.483. The van der Waals surface area contributed by atoms with E-state index in [1.807, 2.05) is 6.08 Å². The Hall–Kier alpha value is -1.51. The van der Waals surface area contributed by atoms with Crippen molar-refractivity contribution >= 4 is 11.4 Å². The molecule has 0 aromatic carbocycles. The van der Waals surface area contributed by atoms with Crippen LogP contribution >= 0.6 is 0 Å². The van der Waals surface area contributed by atoms with Crippen LogP contribution in [0.2, 0.25) is 0 Å². The van der Waals surface area contributed by atoms with E-state index < -0.39 is 0 Å². The number of hydrogen-bond acceptors (Lipinski definition) is 2. The van der Waals surface area contributed by atoms with Crippen LogP contribution in [0.3, 0.4) is 0 Å². The molecular weight excluding hydrogens is 222 g/mol.